The number of nitrogens with one attached hydrogen (secondary N) is 1. The number of hydrogen-bond acceptors (Lipinski definition) is 4. The second-order valence-corrected chi connectivity index (χ2v) is 9.61. The number of aromatic nitrogens is 1. The number of ether oxygens (including phenoxy) is 2. The lowest BCUT2D eigenvalue weighted by Crippen LogP contribution is -2.45. The monoisotopic (exact) mass is 521 g/mol. The summed E-state index contributed by atoms with van der Waals surface area (Å²) in [5.74, 6) is 4.77. The standard InChI is InChI=1S/C25H23Cl2F2N3O3/c26-17-11-19(28)20(12-18(17)27)31-25(33)32-15-6-7-21(32)23-14(13-30-24(29)16(23)10-15)4-3-9-35-22-5-1-2-8-34-22/h11-13,15,21-22H,1-2,5-10H2,(H,31,33). The highest BCUT2D eigenvalue weighted by atomic mass is 35.5. The van der Waals surface area contributed by atoms with Crippen molar-refractivity contribution in [1.29, 1.82) is 0 Å². The number of carbonyl (C=O) groups is 1. The van der Waals surface area contributed by atoms with E-state index < -0.39 is 23.8 Å². The van der Waals surface area contributed by atoms with Crippen LogP contribution in [0.2, 0.25) is 10.0 Å². The molecule has 2 amide bonds. The topological polar surface area (TPSA) is 63.7 Å². The van der Waals surface area contributed by atoms with Crippen molar-refractivity contribution in [3.63, 3.8) is 0 Å². The number of fused-ring (bicyclic) bond motifs is 4. The Morgan fingerprint density at radius 2 is 2.06 bits per heavy atom. The van der Waals surface area contributed by atoms with Gasteiger partial charge in [0.05, 0.1) is 21.8 Å². The van der Waals surface area contributed by atoms with Gasteiger partial charge in [-0.25, -0.2) is 14.2 Å². The molecule has 3 aliphatic heterocycles. The predicted octanol–water partition coefficient (Wildman–Crippen LogP) is 5.86. The van der Waals surface area contributed by atoms with Gasteiger partial charge in [-0.2, -0.15) is 4.39 Å². The highest BCUT2D eigenvalue weighted by Gasteiger charge is 2.45. The second kappa shape index (κ2) is 10.3. The van der Waals surface area contributed by atoms with Crippen molar-refractivity contribution in [2.24, 2.45) is 0 Å². The van der Waals surface area contributed by atoms with Crippen molar-refractivity contribution >= 4 is 34.9 Å². The molecule has 3 unspecified atom stereocenters. The van der Waals surface area contributed by atoms with E-state index in [0.29, 0.717) is 42.6 Å². The molecule has 5 rings (SSSR count). The van der Waals surface area contributed by atoms with Gasteiger partial charge in [0.25, 0.3) is 0 Å². The second-order valence-electron chi connectivity index (χ2n) is 8.80. The van der Waals surface area contributed by atoms with E-state index in [1.165, 1.54) is 12.3 Å². The van der Waals surface area contributed by atoms with E-state index in [-0.39, 0.29) is 34.7 Å². The van der Waals surface area contributed by atoms with E-state index in [9.17, 15) is 13.6 Å². The molecule has 184 valence electrons. The van der Waals surface area contributed by atoms with Gasteiger partial charge in [0.15, 0.2) is 6.29 Å². The number of amides is 2. The third-order valence-corrected chi connectivity index (χ3v) is 7.36. The molecule has 3 aliphatic rings. The highest BCUT2D eigenvalue weighted by molar-refractivity contribution is 6.42. The summed E-state index contributed by atoms with van der Waals surface area (Å²) < 4.78 is 40.2. The van der Waals surface area contributed by atoms with Crippen LogP contribution in [-0.4, -0.2) is 41.5 Å². The van der Waals surface area contributed by atoms with Gasteiger partial charge in [-0.3, -0.25) is 0 Å². The SMILES string of the molecule is O=C(Nc1cc(Cl)c(Cl)cc1F)N1C2CCC1c1c(C#CCOC3CCCCO3)cnc(F)c1C2. The van der Waals surface area contributed by atoms with Crippen LogP contribution >= 0.6 is 23.2 Å². The minimum absolute atomic E-state index is 0.0550. The van der Waals surface area contributed by atoms with E-state index >= 15 is 0 Å². The molecule has 1 N–H and O–H groups in total. The largest absolute Gasteiger partial charge is 0.353 e. The molecule has 2 aromatic rings. The molecule has 2 fully saturated rings. The molecule has 1 aromatic carbocycles. The summed E-state index contributed by atoms with van der Waals surface area (Å²) in [4.78, 5) is 18.7. The first-order valence-corrected chi connectivity index (χ1v) is 12.3. The van der Waals surface area contributed by atoms with Crippen molar-refractivity contribution in [2.75, 3.05) is 18.5 Å². The Labute approximate surface area is 211 Å². The van der Waals surface area contributed by atoms with Gasteiger partial charge >= 0.3 is 6.03 Å². The van der Waals surface area contributed by atoms with Crippen LogP contribution in [0.15, 0.2) is 18.3 Å². The van der Waals surface area contributed by atoms with Gasteiger partial charge in [0.1, 0.15) is 12.4 Å². The fourth-order valence-corrected chi connectivity index (χ4v) is 5.35. The number of benzene rings is 1. The first-order valence-electron chi connectivity index (χ1n) is 11.6. The molecule has 6 nitrogen and oxygen atoms in total. The zero-order valence-corrected chi connectivity index (χ0v) is 20.3. The van der Waals surface area contributed by atoms with Gasteiger partial charge in [-0.15, -0.1) is 0 Å². The summed E-state index contributed by atoms with van der Waals surface area (Å²) >= 11 is 11.8. The third-order valence-electron chi connectivity index (χ3n) is 6.64. The molecule has 0 aliphatic carbocycles. The number of urea groups is 1. The number of nitrogens with zero attached hydrogens (tertiary/aromatic N) is 2. The Morgan fingerprint density at radius 3 is 2.86 bits per heavy atom. The molecular formula is C25H23Cl2F2N3O3. The van der Waals surface area contributed by atoms with Crippen molar-refractivity contribution in [1.82, 2.24) is 9.88 Å². The Kier molecular flexibility index (Phi) is 7.12. The Balaban J connectivity index is 1.37. The van der Waals surface area contributed by atoms with Crippen LogP contribution in [0.1, 0.15) is 54.8 Å². The maximum Gasteiger partial charge on any atom is 0.322 e. The van der Waals surface area contributed by atoms with Crippen LogP contribution in [0.4, 0.5) is 19.3 Å². The summed E-state index contributed by atoms with van der Waals surface area (Å²) in [6.07, 6.45) is 5.70. The fraction of sp³-hybridized carbons (Fsp3) is 0.440. The van der Waals surface area contributed by atoms with Crippen LogP contribution in [-0.2, 0) is 15.9 Å². The lowest BCUT2D eigenvalue weighted by Gasteiger charge is -2.36. The summed E-state index contributed by atoms with van der Waals surface area (Å²) in [6.45, 7) is 0.852. The first kappa shape index (κ1) is 24.3. The molecule has 3 atom stereocenters. The Hall–Kier alpha value is -2.44. The van der Waals surface area contributed by atoms with Gasteiger partial charge in [-0.1, -0.05) is 35.0 Å². The zero-order valence-electron chi connectivity index (χ0n) is 18.8. The number of halogens is 4. The quantitative estimate of drug-likeness (QED) is 0.312. The Morgan fingerprint density at radius 1 is 1.23 bits per heavy atom. The normalized spacial score (nSPS) is 22.9. The van der Waals surface area contributed by atoms with Gasteiger partial charge in [-0.05, 0) is 56.2 Å². The highest BCUT2D eigenvalue weighted by Crippen LogP contribution is 2.45. The van der Waals surface area contributed by atoms with Crippen LogP contribution < -0.4 is 5.32 Å². The van der Waals surface area contributed by atoms with Crippen LogP contribution in [0.25, 0.3) is 0 Å². The number of rotatable bonds is 3. The molecule has 0 radical (unpaired) electrons. The minimum atomic E-state index is -0.693. The van der Waals surface area contributed by atoms with Crippen LogP contribution in [0.5, 0.6) is 0 Å². The summed E-state index contributed by atoms with van der Waals surface area (Å²) in [6, 6.07) is 1.19. The van der Waals surface area contributed by atoms with Crippen molar-refractivity contribution in [3.8, 4) is 11.8 Å². The lowest BCUT2D eigenvalue weighted by atomic mass is 9.91. The number of hydrogen-bond donors (Lipinski definition) is 1. The molecule has 35 heavy (non-hydrogen) atoms. The fourth-order valence-electron chi connectivity index (χ4n) is 5.03. The van der Waals surface area contributed by atoms with Crippen molar-refractivity contribution < 1.29 is 23.0 Å². The molecule has 1 aromatic heterocycles. The van der Waals surface area contributed by atoms with Crippen LogP contribution in [0, 0.1) is 23.6 Å². The van der Waals surface area contributed by atoms with Gasteiger partial charge in [0, 0.05) is 30.0 Å². The summed E-state index contributed by atoms with van der Waals surface area (Å²) in [5, 5.41) is 2.77. The molecule has 0 saturated carbocycles. The number of anilines is 1. The molecule has 4 heterocycles. The van der Waals surface area contributed by atoms with E-state index in [4.69, 9.17) is 32.7 Å². The average molecular weight is 522 g/mol. The molecule has 2 bridgehead atoms. The zero-order chi connectivity index (χ0) is 24.5. The number of carbonyl (C=O) groups excluding carboxylic acids is 1. The molecular weight excluding hydrogens is 499 g/mol. The van der Waals surface area contributed by atoms with Crippen molar-refractivity contribution in [3.05, 3.63) is 56.8 Å². The van der Waals surface area contributed by atoms with E-state index in [1.807, 2.05) is 0 Å². The third kappa shape index (κ3) is 4.96. The van der Waals surface area contributed by atoms with Gasteiger partial charge < -0.3 is 19.7 Å². The van der Waals surface area contributed by atoms with E-state index in [2.05, 4.69) is 22.1 Å². The number of pyridine rings is 1. The predicted molar refractivity (Wildman–Crippen MR) is 127 cm³/mol. The Bertz CT molecular complexity index is 1210. The molecule has 10 heteroatoms. The van der Waals surface area contributed by atoms with Crippen molar-refractivity contribution in [2.45, 2.75) is 56.9 Å². The minimum Gasteiger partial charge on any atom is -0.353 e. The average Bonchev–Trinajstić information content (AvgIpc) is 3.16. The van der Waals surface area contributed by atoms with Crippen LogP contribution in [0.3, 0.4) is 0 Å². The maximum atomic E-state index is 14.7. The summed E-state index contributed by atoms with van der Waals surface area (Å²) in [5.41, 5.74) is 1.61. The van der Waals surface area contributed by atoms with E-state index in [0.717, 1.165) is 25.3 Å². The lowest BCUT2D eigenvalue weighted by molar-refractivity contribution is -0.154. The smallest absolute Gasteiger partial charge is 0.322 e. The molecule has 0 spiro atoms. The first-order chi connectivity index (χ1) is 16.9. The molecule has 2 saturated heterocycles. The van der Waals surface area contributed by atoms with E-state index in [1.54, 1.807) is 4.90 Å². The van der Waals surface area contributed by atoms with Gasteiger partial charge in [0.2, 0.25) is 5.95 Å². The summed E-state index contributed by atoms with van der Waals surface area (Å²) in [7, 11) is 0. The maximum absolute atomic E-state index is 14.7.